The van der Waals surface area contributed by atoms with Gasteiger partial charge in [-0.3, -0.25) is 0 Å². The summed E-state index contributed by atoms with van der Waals surface area (Å²) in [5.41, 5.74) is -0.0743. The Morgan fingerprint density at radius 2 is 2.00 bits per heavy atom. The van der Waals surface area contributed by atoms with Gasteiger partial charge in [0.1, 0.15) is 5.82 Å². The van der Waals surface area contributed by atoms with Crippen molar-refractivity contribution in [2.45, 2.75) is 44.2 Å². The van der Waals surface area contributed by atoms with E-state index in [2.05, 4.69) is 5.32 Å². The van der Waals surface area contributed by atoms with Gasteiger partial charge >= 0.3 is 0 Å². The smallest absolute Gasteiger partial charge is 0.146 e. The molecule has 0 unspecified atom stereocenters. The lowest BCUT2D eigenvalue weighted by molar-refractivity contribution is 0.00462. The van der Waals surface area contributed by atoms with E-state index >= 15 is 0 Å². The van der Waals surface area contributed by atoms with E-state index in [1.165, 1.54) is 12.5 Å². The molecule has 0 heterocycles. The third-order valence-corrected chi connectivity index (χ3v) is 3.88. The zero-order valence-electron chi connectivity index (χ0n) is 10.4. The number of aliphatic hydroxyl groups is 1. The van der Waals surface area contributed by atoms with E-state index < -0.39 is 5.60 Å². The third-order valence-electron chi connectivity index (χ3n) is 3.59. The molecule has 0 aromatic heterocycles. The van der Waals surface area contributed by atoms with Gasteiger partial charge in [0, 0.05) is 18.7 Å². The SMILES string of the molecule is OC1(CNCc2cccc(Cl)c2F)CCCCC1. The highest BCUT2D eigenvalue weighted by Crippen LogP contribution is 2.27. The minimum absolute atomic E-state index is 0.144. The summed E-state index contributed by atoms with van der Waals surface area (Å²) in [6.45, 7) is 0.910. The summed E-state index contributed by atoms with van der Waals surface area (Å²) in [5.74, 6) is -0.373. The Hall–Kier alpha value is -0.640. The van der Waals surface area contributed by atoms with Gasteiger partial charge in [-0.05, 0) is 18.9 Å². The first-order valence-corrected chi connectivity index (χ1v) is 6.84. The molecular weight excluding hydrogens is 253 g/mol. The van der Waals surface area contributed by atoms with Crippen molar-refractivity contribution >= 4 is 11.6 Å². The van der Waals surface area contributed by atoms with Gasteiger partial charge in [0.25, 0.3) is 0 Å². The molecule has 1 fully saturated rings. The summed E-state index contributed by atoms with van der Waals surface area (Å²) >= 11 is 5.72. The zero-order valence-corrected chi connectivity index (χ0v) is 11.1. The Bertz CT molecular complexity index is 405. The van der Waals surface area contributed by atoms with Gasteiger partial charge in [-0.15, -0.1) is 0 Å². The fourth-order valence-corrected chi connectivity index (χ4v) is 2.70. The highest BCUT2D eigenvalue weighted by Gasteiger charge is 2.28. The van der Waals surface area contributed by atoms with E-state index in [9.17, 15) is 9.50 Å². The summed E-state index contributed by atoms with van der Waals surface area (Å²) in [7, 11) is 0. The molecule has 2 nitrogen and oxygen atoms in total. The summed E-state index contributed by atoms with van der Waals surface area (Å²) in [4.78, 5) is 0. The second kappa shape index (κ2) is 6.00. The van der Waals surface area contributed by atoms with E-state index in [-0.39, 0.29) is 10.8 Å². The van der Waals surface area contributed by atoms with Crippen LogP contribution in [0.25, 0.3) is 0 Å². The highest BCUT2D eigenvalue weighted by atomic mass is 35.5. The van der Waals surface area contributed by atoms with E-state index in [0.29, 0.717) is 18.7 Å². The Balaban J connectivity index is 1.86. The molecule has 100 valence electrons. The number of hydrogen-bond donors (Lipinski definition) is 2. The molecule has 0 amide bonds. The maximum absolute atomic E-state index is 13.6. The van der Waals surface area contributed by atoms with Gasteiger partial charge in [-0.1, -0.05) is 43.0 Å². The van der Waals surface area contributed by atoms with Crippen LogP contribution in [-0.2, 0) is 6.54 Å². The second-order valence-electron chi connectivity index (χ2n) is 5.10. The van der Waals surface area contributed by atoms with Crippen LogP contribution < -0.4 is 5.32 Å². The van der Waals surface area contributed by atoms with Crippen LogP contribution in [0.2, 0.25) is 5.02 Å². The minimum atomic E-state index is -0.618. The summed E-state index contributed by atoms with van der Waals surface area (Å²) in [5, 5.41) is 13.6. The van der Waals surface area contributed by atoms with Gasteiger partial charge in [0.05, 0.1) is 10.6 Å². The van der Waals surface area contributed by atoms with Crippen molar-refractivity contribution in [1.29, 1.82) is 0 Å². The van der Waals surface area contributed by atoms with Gasteiger partial charge < -0.3 is 10.4 Å². The van der Waals surface area contributed by atoms with Crippen molar-refractivity contribution in [2.24, 2.45) is 0 Å². The van der Waals surface area contributed by atoms with Crippen molar-refractivity contribution in [3.05, 3.63) is 34.6 Å². The predicted octanol–water partition coefficient (Wildman–Crippen LogP) is 3.26. The van der Waals surface area contributed by atoms with Crippen LogP contribution >= 0.6 is 11.6 Å². The van der Waals surface area contributed by atoms with Crippen LogP contribution in [0.3, 0.4) is 0 Å². The molecule has 2 rings (SSSR count). The summed E-state index contributed by atoms with van der Waals surface area (Å²) in [6, 6.07) is 4.98. The van der Waals surface area contributed by atoms with Gasteiger partial charge in [0.2, 0.25) is 0 Å². The number of nitrogens with one attached hydrogen (secondary N) is 1. The van der Waals surface area contributed by atoms with Crippen molar-refractivity contribution < 1.29 is 9.50 Å². The van der Waals surface area contributed by atoms with E-state index in [1.54, 1.807) is 12.1 Å². The molecule has 4 heteroatoms. The van der Waals surface area contributed by atoms with Gasteiger partial charge in [-0.2, -0.15) is 0 Å². The highest BCUT2D eigenvalue weighted by molar-refractivity contribution is 6.30. The first kappa shape index (κ1) is 13.8. The Morgan fingerprint density at radius 1 is 1.28 bits per heavy atom. The van der Waals surface area contributed by atoms with Crippen LogP contribution in [-0.4, -0.2) is 17.3 Å². The average molecular weight is 272 g/mol. The predicted molar refractivity (Wildman–Crippen MR) is 71.2 cm³/mol. The fourth-order valence-electron chi connectivity index (χ4n) is 2.50. The maximum Gasteiger partial charge on any atom is 0.146 e. The standard InChI is InChI=1S/C14H19ClFNO/c15-12-6-4-5-11(13(12)16)9-17-10-14(18)7-2-1-3-8-14/h4-6,17-18H,1-3,7-10H2. The van der Waals surface area contributed by atoms with Crippen molar-refractivity contribution in [1.82, 2.24) is 5.32 Å². The van der Waals surface area contributed by atoms with E-state index in [1.807, 2.05) is 0 Å². The molecule has 0 saturated heterocycles. The van der Waals surface area contributed by atoms with Gasteiger partial charge in [0.15, 0.2) is 0 Å². The van der Waals surface area contributed by atoms with Crippen molar-refractivity contribution in [3.8, 4) is 0 Å². The number of hydrogen-bond acceptors (Lipinski definition) is 2. The number of rotatable bonds is 4. The molecule has 0 radical (unpaired) electrons. The van der Waals surface area contributed by atoms with Crippen molar-refractivity contribution in [2.75, 3.05) is 6.54 Å². The molecule has 1 aliphatic rings. The van der Waals surface area contributed by atoms with Crippen LogP contribution in [0.15, 0.2) is 18.2 Å². The second-order valence-corrected chi connectivity index (χ2v) is 5.51. The van der Waals surface area contributed by atoms with Gasteiger partial charge in [-0.25, -0.2) is 4.39 Å². The van der Waals surface area contributed by atoms with E-state index in [0.717, 1.165) is 25.7 Å². The molecule has 0 aliphatic heterocycles. The molecule has 2 N–H and O–H groups in total. The largest absolute Gasteiger partial charge is 0.389 e. The Morgan fingerprint density at radius 3 is 2.72 bits per heavy atom. The molecule has 1 aliphatic carbocycles. The fraction of sp³-hybridized carbons (Fsp3) is 0.571. The summed E-state index contributed by atoms with van der Waals surface area (Å²) < 4.78 is 13.6. The normalized spacial score (nSPS) is 18.8. The lowest BCUT2D eigenvalue weighted by Crippen LogP contribution is -2.42. The topological polar surface area (TPSA) is 32.3 Å². The minimum Gasteiger partial charge on any atom is -0.389 e. The molecule has 18 heavy (non-hydrogen) atoms. The van der Waals surface area contributed by atoms with Crippen LogP contribution in [0.5, 0.6) is 0 Å². The molecule has 0 atom stereocenters. The quantitative estimate of drug-likeness (QED) is 0.881. The average Bonchev–Trinajstić information content (AvgIpc) is 2.35. The van der Waals surface area contributed by atoms with Crippen LogP contribution in [0.4, 0.5) is 4.39 Å². The lowest BCUT2D eigenvalue weighted by Gasteiger charge is -2.32. The summed E-state index contributed by atoms with van der Waals surface area (Å²) in [6.07, 6.45) is 5.01. The number of benzene rings is 1. The number of halogens is 2. The van der Waals surface area contributed by atoms with E-state index in [4.69, 9.17) is 11.6 Å². The van der Waals surface area contributed by atoms with Crippen LogP contribution in [0, 0.1) is 5.82 Å². The Labute approximate surface area is 112 Å². The lowest BCUT2D eigenvalue weighted by atomic mass is 9.85. The molecule has 1 aromatic carbocycles. The maximum atomic E-state index is 13.6. The van der Waals surface area contributed by atoms with Crippen LogP contribution in [0.1, 0.15) is 37.7 Å². The Kier molecular flexibility index (Phi) is 4.60. The van der Waals surface area contributed by atoms with Crippen molar-refractivity contribution in [3.63, 3.8) is 0 Å². The first-order valence-electron chi connectivity index (χ1n) is 6.47. The molecule has 0 bridgehead atoms. The molecular formula is C14H19ClFNO. The monoisotopic (exact) mass is 271 g/mol. The third kappa shape index (κ3) is 3.44. The zero-order chi connectivity index (χ0) is 13.0. The molecule has 1 saturated carbocycles. The molecule has 1 aromatic rings. The molecule has 0 spiro atoms. The first-order chi connectivity index (χ1) is 8.61.